The third-order valence-corrected chi connectivity index (χ3v) is 3.31. The molecule has 0 aliphatic rings. The summed E-state index contributed by atoms with van der Waals surface area (Å²) in [7, 11) is 0. The van der Waals surface area contributed by atoms with Crippen LogP contribution in [-0.2, 0) is 18.4 Å². The molecule has 0 spiro atoms. The molecule has 0 amide bonds. The molecule has 0 aromatic heterocycles. The van der Waals surface area contributed by atoms with Gasteiger partial charge in [-0.15, -0.1) is 0 Å². The van der Waals surface area contributed by atoms with Crippen molar-refractivity contribution in [1.29, 1.82) is 0 Å². The summed E-state index contributed by atoms with van der Waals surface area (Å²) in [5.74, 6) is 0. The Morgan fingerprint density at radius 3 is 1.74 bits per heavy atom. The van der Waals surface area contributed by atoms with Crippen LogP contribution in [0.1, 0.15) is 50.3 Å². The number of aryl methyl sites for hydroxylation is 2. The zero-order valence-electron chi connectivity index (χ0n) is 11.6. The lowest BCUT2D eigenvalue weighted by Gasteiger charge is -2.31. The molecule has 0 aliphatic heterocycles. The van der Waals surface area contributed by atoms with Crippen LogP contribution in [0.4, 0.5) is 13.2 Å². The van der Waals surface area contributed by atoms with Crippen molar-refractivity contribution in [3.05, 3.63) is 34.9 Å². The van der Waals surface area contributed by atoms with E-state index in [0.29, 0.717) is 24.0 Å². The van der Waals surface area contributed by atoms with Crippen molar-refractivity contribution in [1.82, 2.24) is 0 Å². The van der Waals surface area contributed by atoms with Crippen molar-refractivity contribution >= 4 is 0 Å². The van der Waals surface area contributed by atoms with Gasteiger partial charge in [-0.05, 0) is 36.5 Å². The van der Waals surface area contributed by atoms with E-state index >= 15 is 0 Å². The molecule has 1 rings (SSSR count). The van der Waals surface area contributed by atoms with Gasteiger partial charge in [-0.25, -0.2) is 0 Å². The van der Waals surface area contributed by atoms with Gasteiger partial charge in [-0.1, -0.05) is 44.9 Å². The van der Waals surface area contributed by atoms with Crippen LogP contribution >= 0.6 is 0 Å². The number of benzene rings is 1. The Kier molecular flexibility index (Phi) is 5.02. The second-order valence-corrected chi connectivity index (χ2v) is 5.02. The maximum atomic E-state index is 13.1. The molecule has 1 aromatic carbocycles. The van der Waals surface area contributed by atoms with Crippen LogP contribution in [0, 0.1) is 0 Å². The zero-order valence-corrected chi connectivity index (χ0v) is 11.6. The van der Waals surface area contributed by atoms with Crippen LogP contribution in [0.15, 0.2) is 18.2 Å². The van der Waals surface area contributed by atoms with Crippen molar-refractivity contribution in [3.63, 3.8) is 0 Å². The third-order valence-electron chi connectivity index (χ3n) is 3.31. The number of alkyl halides is 3. The molecule has 1 atom stereocenters. The largest absolute Gasteiger partial charge is 0.421 e. The summed E-state index contributed by atoms with van der Waals surface area (Å²) in [6, 6.07) is 5.13. The SMILES string of the molecule is CCCc1cccc(CCC)c1C(C)(O)C(F)(F)F. The van der Waals surface area contributed by atoms with Crippen LogP contribution in [-0.4, -0.2) is 11.3 Å². The van der Waals surface area contributed by atoms with Gasteiger partial charge >= 0.3 is 6.18 Å². The van der Waals surface area contributed by atoms with Crippen LogP contribution in [0.25, 0.3) is 0 Å². The lowest BCUT2D eigenvalue weighted by atomic mass is 9.84. The van der Waals surface area contributed by atoms with Crippen molar-refractivity contribution in [2.45, 2.75) is 58.2 Å². The molecule has 0 aliphatic carbocycles. The molecule has 0 heterocycles. The summed E-state index contributed by atoms with van der Waals surface area (Å²) in [4.78, 5) is 0. The zero-order chi connectivity index (χ0) is 14.7. The Morgan fingerprint density at radius 1 is 1.00 bits per heavy atom. The first-order chi connectivity index (χ1) is 8.75. The first kappa shape index (κ1) is 16.0. The quantitative estimate of drug-likeness (QED) is 0.845. The number of hydrogen-bond donors (Lipinski definition) is 1. The molecular weight excluding hydrogens is 253 g/mol. The molecule has 0 fully saturated rings. The van der Waals surface area contributed by atoms with Gasteiger partial charge in [0.1, 0.15) is 0 Å². The van der Waals surface area contributed by atoms with Crippen molar-refractivity contribution in [2.75, 3.05) is 0 Å². The highest BCUT2D eigenvalue weighted by Crippen LogP contribution is 2.42. The Bertz CT molecular complexity index is 398. The minimum absolute atomic E-state index is 0.0474. The van der Waals surface area contributed by atoms with E-state index < -0.39 is 11.8 Å². The molecule has 1 unspecified atom stereocenters. The van der Waals surface area contributed by atoms with Crippen molar-refractivity contribution in [2.24, 2.45) is 0 Å². The number of aliphatic hydroxyl groups is 1. The molecule has 108 valence electrons. The fraction of sp³-hybridized carbons (Fsp3) is 0.600. The molecule has 0 radical (unpaired) electrons. The predicted molar refractivity (Wildman–Crippen MR) is 70.1 cm³/mol. The highest BCUT2D eigenvalue weighted by molar-refractivity contribution is 5.40. The second kappa shape index (κ2) is 5.95. The maximum Gasteiger partial charge on any atom is 0.421 e. The molecule has 0 saturated heterocycles. The Balaban J connectivity index is 3.43. The third kappa shape index (κ3) is 3.30. The summed E-state index contributed by atoms with van der Waals surface area (Å²) >= 11 is 0. The normalized spacial score (nSPS) is 15.3. The van der Waals surface area contributed by atoms with Gasteiger partial charge in [0.2, 0.25) is 0 Å². The monoisotopic (exact) mass is 274 g/mol. The molecule has 0 bridgehead atoms. The van der Waals surface area contributed by atoms with Crippen molar-refractivity contribution < 1.29 is 18.3 Å². The average molecular weight is 274 g/mol. The van der Waals surface area contributed by atoms with E-state index in [1.165, 1.54) is 0 Å². The van der Waals surface area contributed by atoms with Gasteiger partial charge in [0, 0.05) is 0 Å². The van der Waals surface area contributed by atoms with Crippen molar-refractivity contribution in [3.8, 4) is 0 Å². The first-order valence-corrected chi connectivity index (χ1v) is 6.66. The highest BCUT2D eigenvalue weighted by Gasteiger charge is 2.52. The highest BCUT2D eigenvalue weighted by atomic mass is 19.4. The fourth-order valence-electron chi connectivity index (χ4n) is 2.38. The van der Waals surface area contributed by atoms with Gasteiger partial charge in [-0.3, -0.25) is 0 Å². The van der Waals surface area contributed by atoms with E-state index in [1.807, 2.05) is 13.8 Å². The van der Waals surface area contributed by atoms with E-state index in [2.05, 4.69) is 0 Å². The summed E-state index contributed by atoms with van der Waals surface area (Å²) in [6.07, 6.45) is -2.09. The smallest absolute Gasteiger partial charge is 0.376 e. The standard InChI is InChI=1S/C15H21F3O/c1-4-7-11-9-6-10-12(8-5-2)13(11)14(3,19)15(16,17)18/h6,9-10,19H,4-5,7-8H2,1-3H3. The lowest BCUT2D eigenvalue weighted by molar-refractivity contribution is -0.259. The van der Waals surface area contributed by atoms with Crippen LogP contribution in [0.3, 0.4) is 0 Å². The van der Waals surface area contributed by atoms with E-state index in [0.717, 1.165) is 19.8 Å². The molecule has 19 heavy (non-hydrogen) atoms. The second-order valence-electron chi connectivity index (χ2n) is 5.02. The summed E-state index contributed by atoms with van der Waals surface area (Å²) in [5, 5.41) is 10.0. The molecule has 1 aromatic rings. The van der Waals surface area contributed by atoms with Gasteiger partial charge in [-0.2, -0.15) is 13.2 Å². The van der Waals surface area contributed by atoms with Gasteiger partial charge in [0.05, 0.1) is 0 Å². The Morgan fingerprint density at radius 2 is 1.42 bits per heavy atom. The minimum atomic E-state index is -4.67. The maximum absolute atomic E-state index is 13.1. The van der Waals surface area contributed by atoms with Crippen LogP contribution < -0.4 is 0 Å². The van der Waals surface area contributed by atoms with Gasteiger partial charge in [0.15, 0.2) is 5.60 Å². The average Bonchev–Trinajstić information content (AvgIpc) is 2.28. The molecular formula is C15H21F3O. The number of hydrogen-bond acceptors (Lipinski definition) is 1. The molecule has 1 nitrogen and oxygen atoms in total. The molecule has 0 saturated carbocycles. The Labute approximate surface area is 112 Å². The van der Waals surface area contributed by atoms with E-state index in [9.17, 15) is 18.3 Å². The number of rotatable bonds is 5. The molecule has 4 heteroatoms. The predicted octanol–water partition coefficient (Wildman–Crippen LogP) is 4.36. The van der Waals surface area contributed by atoms with Crippen LogP contribution in [0.2, 0.25) is 0 Å². The van der Waals surface area contributed by atoms with Crippen LogP contribution in [0.5, 0.6) is 0 Å². The number of halogens is 3. The Hall–Kier alpha value is -1.03. The topological polar surface area (TPSA) is 20.2 Å². The lowest BCUT2D eigenvalue weighted by Crippen LogP contribution is -2.41. The van der Waals surface area contributed by atoms with Gasteiger partial charge in [0.25, 0.3) is 0 Å². The first-order valence-electron chi connectivity index (χ1n) is 6.66. The molecule has 1 N–H and O–H groups in total. The van der Waals surface area contributed by atoms with E-state index in [4.69, 9.17) is 0 Å². The summed E-state index contributed by atoms with van der Waals surface area (Å²) in [6.45, 7) is 4.68. The summed E-state index contributed by atoms with van der Waals surface area (Å²) < 4.78 is 39.3. The van der Waals surface area contributed by atoms with E-state index in [1.54, 1.807) is 18.2 Å². The minimum Gasteiger partial charge on any atom is -0.376 e. The fourth-order valence-corrected chi connectivity index (χ4v) is 2.38. The van der Waals surface area contributed by atoms with E-state index in [-0.39, 0.29) is 5.56 Å². The summed E-state index contributed by atoms with van der Waals surface area (Å²) in [5.41, 5.74) is -1.55. The van der Waals surface area contributed by atoms with Gasteiger partial charge < -0.3 is 5.11 Å².